The number of rotatable bonds is 6. The summed E-state index contributed by atoms with van der Waals surface area (Å²) in [6.45, 7) is 1.62. The van der Waals surface area contributed by atoms with E-state index >= 15 is 0 Å². The van der Waals surface area contributed by atoms with Gasteiger partial charge in [-0.1, -0.05) is 11.6 Å². The molecular formula is C23H21ClF3N5O4S2. The van der Waals surface area contributed by atoms with E-state index in [2.05, 4.69) is 20.3 Å². The lowest BCUT2D eigenvalue weighted by atomic mass is 10.1. The van der Waals surface area contributed by atoms with Gasteiger partial charge >= 0.3 is 0 Å². The normalized spacial score (nSPS) is 19.2. The van der Waals surface area contributed by atoms with Crippen molar-refractivity contribution in [1.82, 2.24) is 19.3 Å². The number of aromatic nitrogens is 1. The van der Waals surface area contributed by atoms with Gasteiger partial charge in [0, 0.05) is 29.2 Å². The van der Waals surface area contributed by atoms with E-state index in [1.165, 1.54) is 25.2 Å². The first-order chi connectivity index (χ1) is 17.9. The molecule has 2 aromatic carbocycles. The molecule has 3 N–H and O–H groups in total. The number of likely N-dealkylation sites (N-methyl/N-ethyl adjacent to an activating group) is 1. The molecule has 0 radical (unpaired) electrons. The number of nitrogens with zero attached hydrogens (tertiary/aromatic N) is 2. The number of thiazole rings is 1. The Morgan fingerprint density at radius 3 is 2.58 bits per heavy atom. The van der Waals surface area contributed by atoms with Crippen molar-refractivity contribution in [3.8, 4) is 10.6 Å². The molecule has 15 heteroatoms. The lowest BCUT2D eigenvalue weighted by molar-refractivity contribution is -0.124. The maximum Gasteiger partial charge on any atom is 0.280 e. The van der Waals surface area contributed by atoms with E-state index in [-0.39, 0.29) is 29.2 Å². The number of halogens is 4. The largest absolute Gasteiger partial charge is 0.350 e. The molecule has 3 aromatic rings. The van der Waals surface area contributed by atoms with E-state index in [4.69, 9.17) is 11.6 Å². The van der Waals surface area contributed by atoms with Gasteiger partial charge in [-0.2, -0.15) is 17.4 Å². The number of carbonyl (C=O) groups is 2. The number of aryl methyl sites for hydroxylation is 1. The van der Waals surface area contributed by atoms with Crippen LogP contribution < -0.4 is 15.4 Å². The molecule has 2 amide bonds. The lowest BCUT2D eigenvalue weighted by Crippen LogP contribution is -2.62. The van der Waals surface area contributed by atoms with Gasteiger partial charge in [-0.15, -0.1) is 11.3 Å². The molecule has 38 heavy (non-hydrogen) atoms. The topological polar surface area (TPSA) is 120 Å². The summed E-state index contributed by atoms with van der Waals surface area (Å²) in [4.78, 5) is 30.6. The Labute approximate surface area is 225 Å². The van der Waals surface area contributed by atoms with Crippen LogP contribution in [0.5, 0.6) is 0 Å². The number of carbonyl (C=O) groups excluding carboxylic acids is 2. The maximum atomic E-state index is 14.1. The van der Waals surface area contributed by atoms with Crippen molar-refractivity contribution in [3.05, 3.63) is 69.4 Å². The van der Waals surface area contributed by atoms with Crippen molar-refractivity contribution in [3.63, 3.8) is 0 Å². The van der Waals surface area contributed by atoms with Crippen LogP contribution in [0, 0.1) is 24.4 Å². The van der Waals surface area contributed by atoms with Crippen LogP contribution in [0.15, 0.2) is 36.4 Å². The highest BCUT2D eigenvalue weighted by Crippen LogP contribution is 2.30. The summed E-state index contributed by atoms with van der Waals surface area (Å²) >= 11 is 6.83. The monoisotopic (exact) mass is 587 g/mol. The standard InChI is InChI=1S/C23H21ClF3N5O4S2/c1-11-20(37-23(29-11)14-5-3-12(25)7-17(14)27)10-28-21(33)18-9-19(32(2)38(35,36)31-18)22(34)30-13-4-6-16(26)15(24)8-13/h3-8,18-19,31H,9-10H2,1-2H3,(H,28,33)(H,30,34). The first-order valence-corrected chi connectivity index (χ1v) is 13.7. The van der Waals surface area contributed by atoms with Crippen LogP contribution in [-0.2, 0) is 26.3 Å². The summed E-state index contributed by atoms with van der Waals surface area (Å²) in [7, 11) is -3.01. The second-order valence-electron chi connectivity index (χ2n) is 8.43. The molecule has 1 aliphatic rings. The highest BCUT2D eigenvalue weighted by Gasteiger charge is 2.42. The number of anilines is 1. The summed E-state index contributed by atoms with van der Waals surface area (Å²) < 4.78 is 69.1. The van der Waals surface area contributed by atoms with Crippen LogP contribution >= 0.6 is 22.9 Å². The second kappa shape index (κ2) is 11.0. The van der Waals surface area contributed by atoms with E-state index in [9.17, 15) is 31.2 Å². The Kier molecular flexibility index (Phi) is 8.09. The van der Waals surface area contributed by atoms with Crippen LogP contribution in [0.2, 0.25) is 5.02 Å². The fourth-order valence-corrected chi connectivity index (χ4v) is 6.20. The fraction of sp³-hybridized carbons (Fsp3) is 0.261. The quantitative estimate of drug-likeness (QED) is 0.409. The van der Waals surface area contributed by atoms with Crippen molar-refractivity contribution in [2.24, 2.45) is 0 Å². The molecule has 2 unspecified atom stereocenters. The molecule has 2 heterocycles. The number of amides is 2. The zero-order valence-electron chi connectivity index (χ0n) is 19.9. The number of hydrogen-bond donors (Lipinski definition) is 3. The van der Waals surface area contributed by atoms with Gasteiger partial charge in [0.05, 0.1) is 17.3 Å². The van der Waals surface area contributed by atoms with Crippen molar-refractivity contribution in [1.29, 1.82) is 0 Å². The van der Waals surface area contributed by atoms with Crippen LogP contribution in [-0.4, -0.2) is 48.7 Å². The predicted octanol–water partition coefficient (Wildman–Crippen LogP) is 3.35. The van der Waals surface area contributed by atoms with Crippen LogP contribution in [0.3, 0.4) is 0 Å². The molecule has 1 fully saturated rings. The van der Waals surface area contributed by atoms with Crippen LogP contribution in [0.4, 0.5) is 18.9 Å². The molecule has 1 aromatic heterocycles. The zero-order valence-corrected chi connectivity index (χ0v) is 22.3. The van der Waals surface area contributed by atoms with Crippen LogP contribution in [0.1, 0.15) is 17.0 Å². The Morgan fingerprint density at radius 2 is 1.89 bits per heavy atom. The van der Waals surface area contributed by atoms with Gasteiger partial charge < -0.3 is 10.6 Å². The fourth-order valence-electron chi connectivity index (χ4n) is 3.74. The smallest absolute Gasteiger partial charge is 0.280 e. The van der Waals surface area contributed by atoms with Gasteiger partial charge in [0.2, 0.25) is 11.8 Å². The van der Waals surface area contributed by atoms with E-state index in [1.807, 2.05) is 0 Å². The minimum absolute atomic E-state index is 0.0375. The molecule has 0 bridgehead atoms. The third-order valence-electron chi connectivity index (χ3n) is 5.85. The van der Waals surface area contributed by atoms with Crippen molar-refractivity contribution < 1.29 is 31.2 Å². The highest BCUT2D eigenvalue weighted by molar-refractivity contribution is 7.87. The predicted molar refractivity (Wildman–Crippen MR) is 136 cm³/mol. The maximum absolute atomic E-state index is 14.1. The van der Waals surface area contributed by atoms with Crippen molar-refractivity contribution in [2.45, 2.75) is 32.0 Å². The van der Waals surface area contributed by atoms with E-state index < -0.39 is 51.6 Å². The van der Waals surface area contributed by atoms with Gasteiger partial charge in [-0.25, -0.2) is 18.2 Å². The zero-order chi connectivity index (χ0) is 27.8. The van der Waals surface area contributed by atoms with E-state index in [0.717, 1.165) is 33.8 Å². The molecule has 0 spiro atoms. The Hall–Kier alpha value is -3.04. The highest BCUT2D eigenvalue weighted by atomic mass is 35.5. The Morgan fingerprint density at radius 1 is 1.16 bits per heavy atom. The summed E-state index contributed by atoms with van der Waals surface area (Å²) in [6, 6.07) is 4.10. The van der Waals surface area contributed by atoms with Crippen LogP contribution in [0.25, 0.3) is 10.6 Å². The molecule has 1 aliphatic heterocycles. The Bertz CT molecular complexity index is 1520. The number of benzene rings is 2. The molecule has 0 saturated carbocycles. The third-order valence-corrected chi connectivity index (χ3v) is 8.93. The average Bonchev–Trinajstić information content (AvgIpc) is 3.21. The summed E-state index contributed by atoms with van der Waals surface area (Å²) in [5.41, 5.74) is 0.769. The summed E-state index contributed by atoms with van der Waals surface area (Å²) in [5.74, 6) is -3.61. The molecule has 4 rings (SSSR count). The molecular weight excluding hydrogens is 567 g/mol. The molecule has 202 valence electrons. The lowest BCUT2D eigenvalue weighted by Gasteiger charge is -2.35. The molecule has 1 saturated heterocycles. The molecule has 9 nitrogen and oxygen atoms in total. The second-order valence-corrected chi connectivity index (χ2v) is 11.7. The summed E-state index contributed by atoms with van der Waals surface area (Å²) in [5, 5.41) is 5.16. The van der Waals surface area contributed by atoms with Crippen molar-refractivity contribution >= 4 is 50.6 Å². The van der Waals surface area contributed by atoms with Gasteiger partial charge in [0.1, 0.15) is 34.5 Å². The van der Waals surface area contributed by atoms with Gasteiger partial charge in [0.15, 0.2) is 0 Å². The van der Waals surface area contributed by atoms with Crippen molar-refractivity contribution in [2.75, 3.05) is 12.4 Å². The van der Waals surface area contributed by atoms with Gasteiger partial charge in [-0.3, -0.25) is 9.59 Å². The third kappa shape index (κ3) is 5.99. The van der Waals surface area contributed by atoms with E-state index in [1.54, 1.807) is 6.92 Å². The SMILES string of the molecule is Cc1nc(-c2ccc(F)cc2F)sc1CNC(=O)C1CC(C(=O)Nc2ccc(F)c(Cl)c2)N(C)S(=O)(=O)N1. The van der Waals surface area contributed by atoms with Gasteiger partial charge in [-0.05, 0) is 43.7 Å². The minimum atomic E-state index is -4.19. The minimum Gasteiger partial charge on any atom is -0.350 e. The number of hydrogen-bond acceptors (Lipinski definition) is 6. The van der Waals surface area contributed by atoms with E-state index in [0.29, 0.717) is 15.6 Å². The first-order valence-electron chi connectivity index (χ1n) is 11.1. The average molecular weight is 588 g/mol. The van der Waals surface area contributed by atoms with Gasteiger partial charge in [0.25, 0.3) is 10.2 Å². The first kappa shape index (κ1) is 28.0. The summed E-state index contributed by atoms with van der Waals surface area (Å²) in [6.07, 6.45) is -0.198. The Balaban J connectivity index is 1.45. The molecule has 0 aliphatic carbocycles. The molecule has 2 atom stereocenters. The number of nitrogens with one attached hydrogen (secondary N) is 3.